The maximum Gasteiger partial charge on any atom is 0.0536 e. The monoisotopic (exact) mass is 197 g/mol. The van der Waals surface area contributed by atoms with E-state index >= 15 is 0 Å². The van der Waals surface area contributed by atoms with Crippen LogP contribution in [-0.4, -0.2) is 37.7 Å². The highest BCUT2D eigenvalue weighted by Gasteiger charge is 2.41. The molecule has 0 saturated carbocycles. The second-order valence-corrected chi connectivity index (χ2v) is 6.32. The quantitative estimate of drug-likeness (QED) is 0.638. The number of hydrogen-bond donors (Lipinski definition) is 0. The van der Waals surface area contributed by atoms with E-state index in [0.29, 0.717) is 10.8 Å². The summed E-state index contributed by atoms with van der Waals surface area (Å²) in [5, 5.41) is 0. The molecular weight excluding hydrogens is 174 g/mol. The van der Waals surface area contributed by atoms with Crippen molar-refractivity contribution in [3.63, 3.8) is 0 Å². The molecule has 2 heteroatoms. The van der Waals surface area contributed by atoms with E-state index < -0.39 is 0 Å². The first kappa shape index (κ1) is 10.4. The fourth-order valence-electron chi connectivity index (χ4n) is 2.80. The highest BCUT2D eigenvalue weighted by molar-refractivity contribution is 4.93. The maximum absolute atomic E-state index is 5.53. The fraction of sp³-hybridized carbons (Fsp3) is 1.00. The lowest BCUT2D eigenvalue weighted by atomic mass is 9.87. The van der Waals surface area contributed by atoms with Crippen molar-refractivity contribution in [3.8, 4) is 0 Å². The van der Waals surface area contributed by atoms with Crippen LogP contribution in [0.4, 0.5) is 0 Å². The van der Waals surface area contributed by atoms with Gasteiger partial charge in [-0.15, -0.1) is 0 Å². The molecule has 0 aromatic carbocycles. The minimum Gasteiger partial charge on any atom is -0.381 e. The van der Waals surface area contributed by atoms with Gasteiger partial charge in [-0.05, 0) is 24.8 Å². The second kappa shape index (κ2) is 3.49. The third kappa shape index (κ3) is 2.29. The zero-order valence-corrected chi connectivity index (χ0v) is 9.81. The van der Waals surface area contributed by atoms with Gasteiger partial charge >= 0.3 is 0 Å². The van der Waals surface area contributed by atoms with E-state index in [1.54, 1.807) is 0 Å². The van der Waals surface area contributed by atoms with Gasteiger partial charge in [0.15, 0.2) is 0 Å². The SMILES string of the molecule is CC(C)(C)CN1CCC2(CCOC2)C1. The molecule has 0 radical (unpaired) electrons. The summed E-state index contributed by atoms with van der Waals surface area (Å²) in [5.41, 5.74) is 0.968. The van der Waals surface area contributed by atoms with Gasteiger partial charge in [0, 0.05) is 25.1 Å². The molecule has 0 aliphatic carbocycles. The highest BCUT2D eigenvalue weighted by atomic mass is 16.5. The number of nitrogens with zero attached hydrogens (tertiary/aromatic N) is 1. The van der Waals surface area contributed by atoms with E-state index in [0.717, 1.165) is 13.2 Å². The summed E-state index contributed by atoms with van der Waals surface area (Å²) in [4.78, 5) is 2.62. The third-order valence-electron chi connectivity index (χ3n) is 3.40. The van der Waals surface area contributed by atoms with E-state index in [1.807, 2.05) is 0 Å². The van der Waals surface area contributed by atoms with Crippen molar-refractivity contribution < 1.29 is 4.74 Å². The molecule has 2 rings (SSSR count). The van der Waals surface area contributed by atoms with Crippen LogP contribution in [0.5, 0.6) is 0 Å². The molecule has 1 atom stereocenters. The van der Waals surface area contributed by atoms with Gasteiger partial charge in [0.05, 0.1) is 6.61 Å². The lowest BCUT2D eigenvalue weighted by molar-refractivity contribution is 0.145. The average Bonchev–Trinajstić information content (AvgIpc) is 2.60. The van der Waals surface area contributed by atoms with Crippen molar-refractivity contribution in [1.29, 1.82) is 0 Å². The predicted molar refractivity (Wildman–Crippen MR) is 58.4 cm³/mol. The zero-order valence-electron chi connectivity index (χ0n) is 9.81. The smallest absolute Gasteiger partial charge is 0.0536 e. The topological polar surface area (TPSA) is 12.5 Å². The van der Waals surface area contributed by atoms with Gasteiger partial charge in [-0.2, -0.15) is 0 Å². The molecule has 0 aromatic heterocycles. The molecule has 2 heterocycles. The Morgan fingerprint density at radius 1 is 1.29 bits per heavy atom. The van der Waals surface area contributed by atoms with Crippen molar-refractivity contribution in [2.75, 3.05) is 32.8 Å². The number of likely N-dealkylation sites (tertiary alicyclic amines) is 1. The Balaban J connectivity index is 1.88. The molecule has 1 unspecified atom stereocenters. The van der Waals surface area contributed by atoms with Gasteiger partial charge in [-0.25, -0.2) is 0 Å². The molecule has 0 aromatic rings. The van der Waals surface area contributed by atoms with Gasteiger partial charge in [0.1, 0.15) is 0 Å². The Labute approximate surface area is 87.6 Å². The van der Waals surface area contributed by atoms with Crippen LogP contribution in [0.25, 0.3) is 0 Å². The van der Waals surface area contributed by atoms with Gasteiger partial charge in [0.2, 0.25) is 0 Å². The molecule has 2 saturated heterocycles. The molecule has 0 amide bonds. The minimum atomic E-state index is 0.436. The van der Waals surface area contributed by atoms with Crippen molar-refractivity contribution in [2.24, 2.45) is 10.8 Å². The molecule has 0 N–H and O–H groups in total. The van der Waals surface area contributed by atoms with E-state index in [4.69, 9.17) is 4.74 Å². The van der Waals surface area contributed by atoms with Crippen LogP contribution in [0.1, 0.15) is 33.6 Å². The Morgan fingerprint density at radius 2 is 2.07 bits per heavy atom. The van der Waals surface area contributed by atoms with E-state index in [2.05, 4.69) is 25.7 Å². The molecule has 2 aliphatic heterocycles. The largest absolute Gasteiger partial charge is 0.381 e. The summed E-state index contributed by atoms with van der Waals surface area (Å²) in [7, 11) is 0. The van der Waals surface area contributed by atoms with E-state index in [1.165, 1.54) is 32.5 Å². The Bertz CT molecular complexity index is 201. The van der Waals surface area contributed by atoms with Gasteiger partial charge in [0.25, 0.3) is 0 Å². The Kier molecular flexibility index (Phi) is 2.61. The summed E-state index contributed by atoms with van der Waals surface area (Å²) in [6.07, 6.45) is 2.64. The van der Waals surface area contributed by atoms with Crippen molar-refractivity contribution in [3.05, 3.63) is 0 Å². The summed E-state index contributed by atoms with van der Waals surface area (Å²) in [6, 6.07) is 0. The van der Waals surface area contributed by atoms with Crippen LogP contribution in [-0.2, 0) is 4.74 Å². The minimum absolute atomic E-state index is 0.436. The predicted octanol–water partition coefficient (Wildman–Crippen LogP) is 2.14. The maximum atomic E-state index is 5.53. The molecule has 2 nitrogen and oxygen atoms in total. The van der Waals surface area contributed by atoms with Crippen LogP contribution in [0.15, 0.2) is 0 Å². The van der Waals surface area contributed by atoms with E-state index in [-0.39, 0.29) is 0 Å². The second-order valence-electron chi connectivity index (χ2n) is 6.32. The van der Waals surface area contributed by atoms with Gasteiger partial charge in [-0.1, -0.05) is 20.8 Å². The molecule has 0 bridgehead atoms. The lowest BCUT2D eigenvalue weighted by Crippen LogP contribution is -2.33. The van der Waals surface area contributed by atoms with E-state index in [9.17, 15) is 0 Å². The Morgan fingerprint density at radius 3 is 2.64 bits per heavy atom. The van der Waals surface area contributed by atoms with Crippen molar-refractivity contribution >= 4 is 0 Å². The third-order valence-corrected chi connectivity index (χ3v) is 3.40. The molecule has 2 fully saturated rings. The first-order valence-electron chi connectivity index (χ1n) is 5.79. The molecule has 14 heavy (non-hydrogen) atoms. The normalized spacial score (nSPS) is 34.5. The van der Waals surface area contributed by atoms with Crippen LogP contribution in [0.3, 0.4) is 0 Å². The van der Waals surface area contributed by atoms with Crippen molar-refractivity contribution in [2.45, 2.75) is 33.6 Å². The number of hydrogen-bond acceptors (Lipinski definition) is 2. The van der Waals surface area contributed by atoms with Crippen LogP contribution in [0, 0.1) is 10.8 Å². The standard InChI is InChI=1S/C12H23NO/c1-11(2,3)8-13-6-4-12(9-13)5-7-14-10-12/h4-10H2,1-3H3. The lowest BCUT2D eigenvalue weighted by Gasteiger charge is -2.28. The number of ether oxygens (including phenoxy) is 1. The van der Waals surface area contributed by atoms with Crippen LogP contribution < -0.4 is 0 Å². The summed E-state index contributed by atoms with van der Waals surface area (Å²) >= 11 is 0. The summed E-state index contributed by atoms with van der Waals surface area (Å²) in [6.45, 7) is 12.7. The first-order chi connectivity index (χ1) is 6.49. The average molecular weight is 197 g/mol. The zero-order chi connectivity index (χ0) is 10.2. The van der Waals surface area contributed by atoms with Crippen LogP contribution in [0.2, 0.25) is 0 Å². The van der Waals surface area contributed by atoms with Gasteiger partial charge < -0.3 is 9.64 Å². The summed E-state index contributed by atoms with van der Waals surface area (Å²) in [5.74, 6) is 0. The molecule has 82 valence electrons. The van der Waals surface area contributed by atoms with Gasteiger partial charge in [-0.3, -0.25) is 0 Å². The fourth-order valence-corrected chi connectivity index (χ4v) is 2.80. The Hall–Kier alpha value is -0.0800. The molecule has 1 spiro atoms. The highest BCUT2D eigenvalue weighted by Crippen LogP contribution is 2.38. The first-order valence-corrected chi connectivity index (χ1v) is 5.79. The number of rotatable bonds is 1. The van der Waals surface area contributed by atoms with Crippen LogP contribution >= 0.6 is 0 Å². The molecule has 2 aliphatic rings. The molecular formula is C12H23NO. The summed E-state index contributed by atoms with van der Waals surface area (Å²) < 4.78 is 5.53. The van der Waals surface area contributed by atoms with Crippen molar-refractivity contribution in [1.82, 2.24) is 4.90 Å².